The zero-order chi connectivity index (χ0) is 16.6. The van der Waals surface area contributed by atoms with E-state index in [9.17, 15) is 19.7 Å². The summed E-state index contributed by atoms with van der Waals surface area (Å²) in [7, 11) is 0. The van der Waals surface area contributed by atoms with Crippen molar-refractivity contribution < 1.29 is 9.72 Å². The third kappa shape index (κ3) is 2.82. The van der Waals surface area contributed by atoms with Crippen molar-refractivity contribution in [3.63, 3.8) is 0 Å². The van der Waals surface area contributed by atoms with Crippen LogP contribution < -0.4 is 11.0 Å². The Labute approximate surface area is 129 Å². The van der Waals surface area contributed by atoms with Gasteiger partial charge in [0.15, 0.2) is 0 Å². The molecule has 2 aromatic carbocycles. The minimum absolute atomic E-state index is 0.0344. The Morgan fingerprint density at radius 1 is 1.13 bits per heavy atom. The Bertz CT molecular complexity index is 987. The first-order valence-corrected chi connectivity index (χ1v) is 6.72. The lowest BCUT2D eigenvalue weighted by Crippen LogP contribution is -2.12. The number of imidazole rings is 1. The highest BCUT2D eigenvalue weighted by Crippen LogP contribution is 2.20. The number of aromatic nitrogens is 2. The van der Waals surface area contributed by atoms with Gasteiger partial charge in [-0.15, -0.1) is 0 Å². The molecule has 0 radical (unpaired) electrons. The summed E-state index contributed by atoms with van der Waals surface area (Å²) in [6.45, 7) is 1.57. The van der Waals surface area contributed by atoms with Gasteiger partial charge < -0.3 is 15.3 Å². The van der Waals surface area contributed by atoms with Crippen molar-refractivity contribution in [3.05, 3.63) is 68.1 Å². The molecule has 0 aliphatic carbocycles. The van der Waals surface area contributed by atoms with E-state index in [1.165, 1.54) is 18.2 Å². The Morgan fingerprint density at radius 3 is 2.57 bits per heavy atom. The molecule has 1 amide bonds. The second-order valence-electron chi connectivity index (χ2n) is 5.05. The highest BCUT2D eigenvalue weighted by atomic mass is 16.6. The molecule has 0 bridgehead atoms. The summed E-state index contributed by atoms with van der Waals surface area (Å²) in [6, 6.07) is 9.12. The Kier molecular flexibility index (Phi) is 3.41. The summed E-state index contributed by atoms with van der Waals surface area (Å²) in [5, 5.41) is 13.5. The minimum Gasteiger partial charge on any atom is -0.322 e. The van der Waals surface area contributed by atoms with E-state index in [1.807, 2.05) is 0 Å². The third-order valence-corrected chi connectivity index (χ3v) is 3.43. The number of amides is 1. The van der Waals surface area contributed by atoms with E-state index in [0.29, 0.717) is 27.8 Å². The van der Waals surface area contributed by atoms with E-state index in [1.54, 1.807) is 25.1 Å². The second-order valence-corrected chi connectivity index (χ2v) is 5.05. The quantitative estimate of drug-likeness (QED) is 0.507. The van der Waals surface area contributed by atoms with Crippen LogP contribution in [-0.4, -0.2) is 20.8 Å². The smallest absolute Gasteiger partial charge is 0.322 e. The van der Waals surface area contributed by atoms with Gasteiger partial charge >= 0.3 is 5.69 Å². The van der Waals surface area contributed by atoms with Gasteiger partial charge in [0.05, 0.1) is 16.0 Å². The van der Waals surface area contributed by atoms with Gasteiger partial charge in [0.2, 0.25) is 0 Å². The van der Waals surface area contributed by atoms with E-state index in [-0.39, 0.29) is 17.3 Å². The molecule has 3 rings (SSSR count). The molecule has 0 saturated heterocycles. The Hall–Kier alpha value is -3.42. The average Bonchev–Trinajstić information content (AvgIpc) is 2.86. The van der Waals surface area contributed by atoms with Crippen LogP contribution in [-0.2, 0) is 0 Å². The van der Waals surface area contributed by atoms with E-state index in [2.05, 4.69) is 15.3 Å². The van der Waals surface area contributed by atoms with Crippen LogP contribution in [0, 0.1) is 17.0 Å². The van der Waals surface area contributed by atoms with Gasteiger partial charge in [-0.2, -0.15) is 0 Å². The number of fused-ring (bicyclic) bond motifs is 1. The van der Waals surface area contributed by atoms with Crippen molar-refractivity contribution in [2.24, 2.45) is 0 Å². The highest BCUT2D eigenvalue weighted by molar-refractivity contribution is 6.05. The number of hydrogen-bond acceptors (Lipinski definition) is 4. The van der Waals surface area contributed by atoms with Crippen molar-refractivity contribution in [3.8, 4) is 0 Å². The summed E-state index contributed by atoms with van der Waals surface area (Å²) < 4.78 is 0. The molecule has 0 aliphatic heterocycles. The van der Waals surface area contributed by atoms with Crippen molar-refractivity contribution in [1.82, 2.24) is 9.97 Å². The summed E-state index contributed by atoms with van der Waals surface area (Å²) in [6.07, 6.45) is 0. The van der Waals surface area contributed by atoms with Crippen LogP contribution >= 0.6 is 0 Å². The maximum atomic E-state index is 12.2. The van der Waals surface area contributed by atoms with Gasteiger partial charge in [0, 0.05) is 22.9 Å². The Morgan fingerprint density at radius 2 is 1.87 bits per heavy atom. The molecule has 1 aromatic heterocycles. The predicted molar refractivity (Wildman–Crippen MR) is 84.7 cm³/mol. The molecule has 0 unspecified atom stereocenters. The van der Waals surface area contributed by atoms with Crippen LogP contribution in [0.1, 0.15) is 15.9 Å². The van der Waals surface area contributed by atoms with E-state index >= 15 is 0 Å². The standard InChI is InChI=1S/C15H12N4O4/c1-8-6-9(2-5-13(8)19(22)23)14(20)16-10-3-4-11-12(7-10)18-15(21)17-11/h2-7H,1H3,(H,16,20)(H2,17,18,21). The number of nitrogens with zero attached hydrogens (tertiary/aromatic N) is 1. The number of anilines is 1. The van der Waals surface area contributed by atoms with Crippen molar-refractivity contribution in [2.75, 3.05) is 5.32 Å². The summed E-state index contributed by atoms with van der Waals surface area (Å²) in [4.78, 5) is 39.0. The number of benzene rings is 2. The fourth-order valence-electron chi connectivity index (χ4n) is 2.32. The number of carbonyl (C=O) groups excluding carboxylic acids is 1. The van der Waals surface area contributed by atoms with Crippen molar-refractivity contribution in [2.45, 2.75) is 6.92 Å². The van der Waals surface area contributed by atoms with E-state index in [0.717, 1.165) is 0 Å². The number of rotatable bonds is 3. The largest absolute Gasteiger partial charge is 0.323 e. The number of nitrogens with one attached hydrogen (secondary N) is 3. The van der Waals surface area contributed by atoms with Crippen LogP contribution in [0.4, 0.5) is 11.4 Å². The SMILES string of the molecule is Cc1cc(C(=O)Nc2ccc3[nH]c(=O)[nH]c3c2)ccc1[N+](=O)[O-]. The summed E-state index contributed by atoms with van der Waals surface area (Å²) >= 11 is 0. The maximum Gasteiger partial charge on any atom is 0.323 e. The van der Waals surface area contributed by atoms with Crippen LogP contribution in [0.2, 0.25) is 0 Å². The van der Waals surface area contributed by atoms with Crippen LogP contribution in [0.3, 0.4) is 0 Å². The minimum atomic E-state index is -0.493. The monoisotopic (exact) mass is 312 g/mol. The summed E-state index contributed by atoms with van der Waals surface area (Å²) in [5.74, 6) is -0.389. The van der Waals surface area contributed by atoms with Gasteiger partial charge in [-0.3, -0.25) is 14.9 Å². The fourth-order valence-corrected chi connectivity index (χ4v) is 2.32. The topological polar surface area (TPSA) is 121 Å². The number of carbonyl (C=O) groups is 1. The molecule has 0 aliphatic rings. The zero-order valence-electron chi connectivity index (χ0n) is 12.0. The van der Waals surface area contributed by atoms with Crippen molar-refractivity contribution in [1.29, 1.82) is 0 Å². The molecule has 0 atom stereocenters. The molecule has 8 heteroatoms. The van der Waals surface area contributed by atoms with E-state index < -0.39 is 4.92 Å². The van der Waals surface area contributed by atoms with Crippen LogP contribution in [0.5, 0.6) is 0 Å². The molecule has 0 saturated carbocycles. The molecule has 3 N–H and O–H groups in total. The van der Waals surface area contributed by atoms with Crippen LogP contribution in [0.15, 0.2) is 41.2 Å². The maximum absolute atomic E-state index is 12.2. The molecule has 3 aromatic rings. The first-order valence-electron chi connectivity index (χ1n) is 6.72. The van der Waals surface area contributed by atoms with E-state index in [4.69, 9.17) is 0 Å². The van der Waals surface area contributed by atoms with Gasteiger partial charge in [-0.25, -0.2) is 4.79 Å². The molecular formula is C15H12N4O4. The van der Waals surface area contributed by atoms with Crippen LogP contribution in [0.25, 0.3) is 11.0 Å². The molecular weight excluding hydrogens is 300 g/mol. The highest BCUT2D eigenvalue weighted by Gasteiger charge is 2.14. The van der Waals surface area contributed by atoms with Gasteiger partial charge in [-0.05, 0) is 37.3 Å². The number of nitro benzene ring substituents is 1. The van der Waals surface area contributed by atoms with Crippen molar-refractivity contribution >= 4 is 28.3 Å². The predicted octanol–water partition coefficient (Wildman–Crippen LogP) is 2.33. The first kappa shape index (κ1) is 14.5. The molecule has 1 heterocycles. The third-order valence-electron chi connectivity index (χ3n) is 3.43. The molecule has 116 valence electrons. The average molecular weight is 312 g/mol. The second kappa shape index (κ2) is 5.41. The number of H-pyrrole nitrogens is 2. The Balaban J connectivity index is 1.86. The molecule has 23 heavy (non-hydrogen) atoms. The lowest BCUT2D eigenvalue weighted by atomic mass is 10.1. The van der Waals surface area contributed by atoms with Gasteiger partial charge in [-0.1, -0.05) is 0 Å². The number of aryl methyl sites for hydroxylation is 1. The molecule has 0 spiro atoms. The number of aromatic amines is 2. The van der Waals surface area contributed by atoms with Gasteiger partial charge in [0.25, 0.3) is 11.6 Å². The summed E-state index contributed by atoms with van der Waals surface area (Å²) in [5.41, 5.74) is 2.09. The lowest BCUT2D eigenvalue weighted by molar-refractivity contribution is -0.385. The number of hydrogen-bond donors (Lipinski definition) is 3. The number of nitro groups is 1. The van der Waals surface area contributed by atoms with Gasteiger partial charge in [0.1, 0.15) is 0 Å². The lowest BCUT2D eigenvalue weighted by Gasteiger charge is -2.06. The zero-order valence-corrected chi connectivity index (χ0v) is 12.0. The fraction of sp³-hybridized carbons (Fsp3) is 0.0667. The molecule has 0 fully saturated rings. The first-order chi connectivity index (χ1) is 10.9. The molecule has 8 nitrogen and oxygen atoms in total. The normalized spacial score (nSPS) is 10.7.